The summed E-state index contributed by atoms with van der Waals surface area (Å²) in [6.45, 7) is 0. The topological polar surface area (TPSA) is 26.3 Å². The molecule has 0 aliphatic heterocycles. The van der Waals surface area contributed by atoms with Gasteiger partial charge in [0.15, 0.2) is 0 Å². The van der Waals surface area contributed by atoms with E-state index in [4.69, 9.17) is 8.83 Å². The molecule has 0 aliphatic rings. The highest BCUT2D eigenvalue weighted by molar-refractivity contribution is 6.17. The first-order valence-electron chi connectivity index (χ1n) is 18.5. The molecule has 2 heteroatoms. The molecule has 54 heavy (non-hydrogen) atoms. The standard InChI is InChI=1S/C52H30O2/c1-3-7-33-25-35(11-9-31(33)5-1)37-13-19-43-41(27-37)17-23-47-45-21-15-39(29-49(45)53-51(43)47)40-16-22-46-48-24-18-42-28-38(14-20-44(42)52(48)54-50(46)30-40)36-12-10-32-6-2-4-8-34(32)26-36/h1-30H. The minimum absolute atomic E-state index is 0.881. The van der Waals surface area contributed by atoms with E-state index >= 15 is 0 Å². The van der Waals surface area contributed by atoms with E-state index in [0.29, 0.717) is 0 Å². The quantitative estimate of drug-likeness (QED) is 0.185. The Morgan fingerprint density at radius 2 is 0.537 bits per heavy atom. The molecule has 0 fully saturated rings. The molecular weight excluding hydrogens is 657 g/mol. The summed E-state index contributed by atoms with van der Waals surface area (Å²) < 4.78 is 13.3. The van der Waals surface area contributed by atoms with E-state index in [1.807, 2.05) is 0 Å². The second-order valence-corrected chi connectivity index (χ2v) is 14.5. The van der Waals surface area contributed by atoms with Gasteiger partial charge >= 0.3 is 0 Å². The predicted molar refractivity (Wildman–Crippen MR) is 227 cm³/mol. The third-order valence-corrected chi connectivity index (χ3v) is 11.4. The van der Waals surface area contributed by atoms with Crippen molar-refractivity contribution >= 4 is 87.0 Å². The van der Waals surface area contributed by atoms with Gasteiger partial charge in [0, 0.05) is 32.3 Å². The molecule has 0 radical (unpaired) electrons. The summed E-state index contributed by atoms with van der Waals surface area (Å²) in [5.74, 6) is 0. The fourth-order valence-electron chi connectivity index (χ4n) is 8.58. The van der Waals surface area contributed by atoms with E-state index in [9.17, 15) is 0 Å². The molecule has 0 saturated heterocycles. The van der Waals surface area contributed by atoms with E-state index < -0.39 is 0 Å². The molecule has 2 nitrogen and oxygen atoms in total. The minimum atomic E-state index is 0.881. The van der Waals surface area contributed by atoms with E-state index in [1.165, 1.54) is 54.6 Å². The van der Waals surface area contributed by atoms with Crippen LogP contribution < -0.4 is 0 Å². The van der Waals surface area contributed by atoms with Gasteiger partial charge in [0.2, 0.25) is 0 Å². The van der Waals surface area contributed by atoms with Crippen LogP contribution in [0, 0.1) is 0 Å². The van der Waals surface area contributed by atoms with E-state index in [1.54, 1.807) is 0 Å². The zero-order chi connectivity index (χ0) is 35.3. The van der Waals surface area contributed by atoms with Crippen LogP contribution >= 0.6 is 0 Å². The molecule has 0 unspecified atom stereocenters. The van der Waals surface area contributed by atoms with Crippen molar-refractivity contribution in [2.75, 3.05) is 0 Å². The fourth-order valence-corrected chi connectivity index (χ4v) is 8.58. The van der Waals surface area contributed by atoms with Crippen LogP contribution in [0.25, 0.3) is 120 Å². The van der Waals surface area contributed by atoms with Gasteiger partial charge in [-0.2, -0.15) is 0 Å². The second kappa shape index (κ2) is 11.2. The molecule has 0 saturated carbocycles. The molecule has 2 aromatic heterocycles. The van der Waals surface area contributed by atoms with Gasteiger partial charge in [-0.05, 0) is 138 Å². The molecule has 10 aromatic carbocycles. The highest BCUT2D eigenvalue weighted by Gasteiger charge is 2.15. The van der Waals surface area contributed by atoms with E-state index in [0.717, 1.165) is 65.8 Å². The first kappa shape index (κ1) is 29.4. The number of furan rings is 2. The zero-order valence-electron chi connectivity index (χ0n) is 29.1. The maximum absolute atomic E-state index is 6.65. The molecule has 12 aromatic rings. The molecule has 0 spiro atoms. The summed E-state index contributed by atoms with van der Waals surface area (Å²) in [5.41, 5.74) is 10.6. The Bertz CT molecular complexity index is 3270. The van der Waals surface area contributed by atoms with Gasteiger partial charge in [-0.25, -0.2) is 0 Å². The average molecular weight is 687 g/mol. The van der Waals surface area contributed by atoms with Gasteiger partial charge in [0.1, 0.15) is 22.3 Å². The Morgan fingerprint density at radius 1 is 0.222 bits per heavy atom. The number of benzene rings is 10. The SMILES string of the molecule is c1ccc2cc(-c3ccc4c(ccc5c6ccc(-c7ccc8c(c7)oc7c9ccc(-c%10ccc%11ccccc%11c%10)cc9ccc87)cc6oc45)c3)ccc2c1. The minimum Gasteiger partial charge on any atom is -0.455 e. The maximum atomic E-state index is 6.65. The van der Waals surface area contributed by atoms with E-state index in [2.05, 4.69) is 182 Å². The van der Waals surface area contributed by atoms with Crippen LogP contribution in [0.3, 0.4) is 0 Å². The highest BCUT2D eigenvalue weighted by Crippen LogP contribution is 2.40. The largest absolute Gasteiger partial charge is 0.455 e. The first-order chi connectivity index (χ1) is 26.7. The lowest BCUT2D eigenvalue weighted by Crippen LogP contribution is -1.81. The third kappa shape index (κ3) is 4.47. The van der Waals surface area contributed by atoms with Crippen molar-refractivity contribution in [1.29, 1.82) is 0 Å². The van der Waals surface area contributed by atoms with Crippen LogP contribution in [0.1, 0.15) is 0 Å². The van der Waals surface area contributed by atoms with Crippen LogP contribution in [-0.4, -0.2) is 0 Å². The Kier molecular flexibility index (Phi) is 6.09. The van der Waals surface area contributed by atoms with Gasteiger partial charge in [-0.1, -0.05) is 109 Å². The summed E-state index contributed by atoms with van der Waals surface area (Å²) in [6, 6.07) is 65.7. The van der Waals surface area contributed by atoms with Crippen molar-refractivity contribution in [2.45, 2.75) is 0 Å². The summed E-state index contributed by atoms with van der Waals surface area (Å²) in [7, 11) is 0. The van der Waals surface area contributed by atoms with Gasteiger partial charge in [-0.3, -0.25) is 0 Å². The van der Waals surface area contributed by atoms with Crippen molar-refractivity contribution in [3.8, 4) is 33.4 Å². The Hall–Kier alpha value is -7.16. The molecule has 0 amide bonds. The van der Waals surface area contributed by atoms with Gasteiger partial charge < -0.3 is 8.83 Å². The fraction of sp³-hybridized carbons (Fsp3) is 0. The Labute approximate surface area is 310 Å². The van der Waals surface area contributed by atoms with Crippen molar-refractivity contribution < 1.29 is 8.83 Å². The van der Waals surface area contributed by atoms with Crippen molar-refractivity contribution in [3.63, 3.8) is 0 Å². The molecule has 12 rings (SSSR count). The van der Waals surface area contributed by atoms with Crippen molar-refractivity contribution in [2.24, 2.45) is 0 Å². The summed E-state index contributed by atoms with van der Waals surface area (Å²) in [5, 5.41) is 14.1. The molecule has 2 heterocycles. The molecule has 250 valence electrons. The number of rotatable bonds is 3. The van der Waals surface area contributed by atoms with Crippen molar-refractivity contribution in [1.82, 2.24) is 0 Å². The summed E-state index contributed by atoms with van der Waals surface area (Å²) in [4.78, 5) is 0. The maximum Gasteiger partial charge on any atom is 0.143 e. The number of fused-ring (bicyclic) bond motifs is 12. The van der Waals surface area contributed by atoms with Crippen LogP contribution in [0.5, 0.6) is 0 Å². The van der Waals surface area contributed by atoms with Crippen molar-refractivity contribution in [3.05, 3.63) is 182 Å². The van der Waals surface area contributed by atoms with Crippen LogP contribution in [0.2, 0.25) is 0 Å². The Morgan fingerprint density at radius 3 is 0.981 bits per heavy atom. The lowest BCUT2D eigenvalue weighted by atomic mass is 9.97. The van der Waals surface area contributed by atoms with Crippen LogP contribution in [0.15, 0.2) is 191 Å². The van der Waals surface area contributed by atoms with E-state index in [-0.39, 0.29) is 0 Å². The van der Waals surface area contributed by atoms with Crippen LogP contribution in [0.4, 0.5) is 0 Å². The zero-order valence-corrected chi connectivity index (χ0v) is 29.1. The average Bonchev–Trinajstić information content (AvgIpc) is 3.81. The molecule has 0 bridgehead atoms. The Balaban J connectivity index is 0.909. The van der Waals surface area contributed by atoms with Gasteiger partial charge in [-0.15, -0.1) is 0 Å². The number of hydrogen-bond donors (Lipinski definition) is 0. The highest BCUT2D eigenvalue weighted by atomic mass is 16.3. The normalized spacial score (nSPS) is 12.1. The number of hydrogen-bond acceptors (Lipinski definition) is 2. The molecule has 0 N–H and O–H groups in total. The third-order valence-electron chi connectivity index (χ3n) is 11.4. The lowest BCUT2D eigenvalue weighted by molar-refractivity contribution is 0.672. The summed E-state index contributed by atoms with van der Waals surface area (Å²) >= 11 is 0. The monoisotopic (exact) mass is 686 g/mol. The van der Waals surface area contributed by atoms with Gasteiger partial charge in [0.25, 0.3) is 0 Å². The van der Waals surface area contributed by atoms with Gasteiger partial charge in [0.05, 0.1) is 0 Å². The first-order valence-corrected chi connectivity index (χ1v) is 18.5. The molecule has 0 atom stereocenters. The predicted octanol–water partition coefficient (Wildman–Crippen LogP) is 15.1. The second-order valence-electron chi connectivity index (χ2n) is 14.5. The molecule has 0 aliphatic carbocycles. The summed E-state index contributed by atoms with van der Waals surface area (Å²) in [6.07, 6.45) is 0. The van der Waals surface area contributed by atoms with Crippen LogP contribution in [-0.2, 0) is 0 Å². The smallest absolute Gasteiger partial charge is 0.143 e. The molecular formula is C52H30O2. The lowest BCUT2D eigenvalue weighted by Gasteiger charge is -2.06.